The topological polar surface area (TPSA) is 182 Å². The molecular weight excluding hydrogens is 810 g/mol. The van der Waals surface area contributed by atoms with Gasteiger partial charge in [0.15, 0.2) is 0 Å². The summed E-state index contributed by atoms with van der Waals surface area (Å²) in [5.41, 5.74) is 2.66. The zero-order valence-corrected chi connectivity index (χ0v) is 36.3. The summed E-state index contributed by atoms with van der Waals surface area (Å²) >= 11 is 9.00. The Hall–Kier alpha value is -5.35. The van der Waals surface area contributed by atoms with E-state index in [-0.39, 0.29) is 31.1 Å². The van der Waals surface area contributed by atoms with Gasteiger partial charge in [-0.3, -0.25) is 9.69 Å². The number of carboxylic acid groups (broad SMARTS) is 1. The number of pyridine rings is 1. The third kappa shape index (κ3) is 11.9. The molecule has 3 heterocycles. The van der Waals surface area contributed by atoms with E-state index in [2.05, 4.69) is 22.4 Å². The maximum absolute atomic E-state index is 13.3. The van der Waals surface area contributed by atoms with E-state index in [0.717, 1.165) is 42.2 Å². The largest absolute Gasteiger partial charge is 0.492 e. The maximum Gasteiger partial charge on any atom is 0.411 e. The first-order chi connectivity index (χ1) is 28.1. The number of benzene rings is 2. The van der Waals surface area contributed by atoms with Gasteiger partial charge in [-0.25, -0.2) is 19.6 Å². The summed E-state index contributed by atoms with van der Waals surface area (Å²) in [6.07, 6.45) is 1.42. The molecule has 13 nitrogen and oxygen atoms in total. The molecule has 2 aromatic heterocycles. The number of aliphatic carboxylic acids is 1. The number of amides is 2. The van der Waals surface area contributed by atoms with Gasteiger partial charge in [-0.2, -0.15) is 10.5 Å². The van der Waals surface area contributed by atoms with Crippen LogP contribution in [0.3, 0.4) is 0 Å². The molecule has 0 unspecified atom stereocenters. The lowest BCUT2D eigenvalue weighted by atomic mass is 9.96. The predicted molar refractivity (Wildman–Crippen MR) is 230 cm³/mol. The fourth-order valence-corrected chi connectivity index (χ4v) is 8.36. The van der Waals surface area contributed by atoms with Gasteiger partial charge in [-0.15, -0.1) is 11.3 Å². The second kappa shape index (κ2) is 20.1. The van der Waals surface area contributed by atoms with Crippen LogP contribution < -0.4 is 15.0 Å². The van der Waals surface area contributed by atoms with Gasteiger partial charge in [-0.1, -0.05) is 61.5 Å². The van der Waals surface area contributed by atoms with Crippen molar-refractivity contribution in [2.24, 2.45) is 5.92 Å². The molecule has 0 aliphatic carbocycles. The van der Waals surface area contributed by atoms with Crippen molar-refractivity contribution < 1.29 is 29.0 Å². The Bertz CT molecular complexity index is 2210. The summed E-state index contributed by atoms with van der Waals surface area (Å²) in [5, 5.41) is 37.3. The lowest BCUT2D eigenvalue weighted by molar-refractivity contribution is -0.143. The van der Waals surface area contributed by atoms with Gasteiger partial charge in [0.2, 0.25) is 5.91 Å². The van der Waals surface area contributed by atoms with Gasteiger partial charge in [0, 0.05) is 40.4 Å². The van der Waals surface area contributed by atoms with E-state index < -0.39 is 35.7 Å². The van der Waals surface area contributed by atoms with Crippen molar-refractivity contribution in [3.05, 3.63) is 75.8 Å². The second-order valence-electron chi connectivity index (χ2n) is 15.5. The Morgan fingerprint density at radius 2 is 1.64 bits per heavy atom. The van der Waals surface area contributed by atoms with Crippen LogP contribution in [0.15, 0.2) is 58.9 Å². The molecular formula is C43H48ClN7O6S2. The third-order valence-corrected chi connectivity index (χ3v) is 11.5. The minimum atomic E-state index is -1.16. The molecule has 59 heavy (non-hydrogen) atoms. The number of hydrogen-bond acceptors (Lipinski definition) is 12. The highest BCUT2D eigenvalue weighted by atomic mass is 35.5. The quantitative estimate of drug-likeness (QED) is 0.102. The molecule has 1 fully saturated rings. The number of aromatic nitrogens is 2. The average molecular weight is 858 g/mol. The number of carbonyl (C=O) groups excluding carboxylic acids is 2. The van der Waals surface area contributed by atoms with Crippen LogP contribution in [-0.2, 0) is 20.1 Å². The van der Waals surface area contributed by atoms with Crippen molar-refractivity contribution in [2.45, 2.75) is 89.3 Å². The summed E-state index contributed by atoms with van der Waals surface area (Å²) < 4.78 is 11.6. The predicted octanol–water partition coefficient (Wildman–Crippen LogP) is 8.78. The summed E-state index contributed by atoms with van der Waals surface area (Å²) in [4.78, 5) is 51.4. The van der Waals surface area contributed by atoms with Crippen LogP contribution >= 0.6 is 34.7 Å². The van der Waals surface area contributed by atoms with E-state index >= 15 is 0 Å². The van der Waals surface area contributed by atoms with E-state index in [4.69, 9.17) is 31.0 Å². The molecule has 16 heteroatoms. The normalized spacial score (nSPS) is 13.6. The molecule has 0 radical (unpaired) electrons. The highest BCUT2D eigenvalue weighted by Crippen LogP contribution is 2.40. The Kier molecular flexibility index (Phi) is 15.2. The molecule has 4 aromatic rings. The van der Waals surface area contributed by atoms with Gasteiger partial charge in [0.05, 0.1) is 17.8 Å². The summed E-state index contributed by atoms with van der Waals surface area (Å²) in [5.74, 6) is -0.329. The molecule has 2 N–H and O–H groups in total. The van der Waals surface area contributed by atoms with Gasteiger partial charge >= 0.3 is 12.1 Å². The van der Waals surface area contributed by atoms with Crippen LogP contribution in [0, 0.1) is 28.6 Å². The lowest BCUT2D eigenvalue weighted by Gasteiger charge is -2.31. The van der Waals surface area contributed by atoms with Gasteiger partial charge in [0.25, 0.3) is 0 Å². The van der Waals surface area contributed by atoms with Crippen molar-refractivity contribution in [1.29, 1.82) is 10.5 Å². The zero-order chi connectivity index (χ0) is 42.9. The van der Waals surface area contributed by atoms with Gasteiger partial charge < -0.3 is 24.8 Å². The molecule has 2 atom stereocenters. The first-order valence-corrected chi connectivity index (χ1v) is 21.5. The number of carbonyl (C=O) groups is 3. The summed E-state index contributed by atoms with van der Waals surface area (Å²) in [6.45, 7) is 11.8. The first kappa shape index (κ1) is 44.7. The lowest BCUT2D eigenvalue weighted by Crippen LogP contribution is -2.54. The average Bonchev–Trinajstić information content (AvgIpc) is 3.91. The number of hydrogen-bond donors (Lipinski definition) is 2. The third-order valence-electron chi connectivity index (χ3n) is 9.31. The highest BCUT2D eigenvalue weighted by molar-refractivity contribution is 7.98. The molecule has 2 amide bonds. The van der Waals surface area contributed by atoms with Crippen LogP contribution in [0.25, 0.3) is 21.7 Å². The number of rotatable bonds is 16. The second-order valence-corrected chi connectivity index (χ2v) is 17.7. The van der Waals surface area contributed by atoms with E-state index in [0.29, 0.717) is 44.1 Å². The number of nitrogens with one attached hydrogen (secondary N) is 1. The van der Waals surface area contributed by atoms with Crippen molar-refractivity contribution in [3.63, 3.8) is 0 Å². The fraction of sp³-hybridized carbons (Fsp3) is 0.419. The van der Waals surface area contributed by atoms with E-state index in [1.54, 1.807) is 45.0 Å². The Labute approximate surface area is 358 Å². The van der Waals surface area contributed by atoms with Crippen LogP contribution in [0.1, 0.15) is 77.6 Å². The Morgan fingerprint density at radius 1 is 1.00 bits per heavy atom. The molecule has 1 saturated heterocycles. The smallest absolute Gasteiger partial charge is 0.411 e. The fourth-order valence-electron chi connectivity index (χ4n) is 6.42. The van der Waals surface area contributed by atoms with Crippen LogP contribution in [-0.4, -0.2) is 81.9 Å². The van der Waals surface area contributed by atoms with E-state index in [9.17, 15) is 30.0 Å². The first-order valence-electron chi connectivity index (χ1n) is 19.3. The molecule has 1 aliphatic rings. The number of anilines is 1. The van der Waals surface area contributed by atoms with Crippen molar-refractivity contribution in [2.75, 3.05) is 31.1 Å². The number of thioether (sulfide) groups is 1. The molecule has 0 saturated carbocycles. The molecule has 0 spiro atoms. The van der Waals surface area contributed by atoms with Gasteiger partial charge in [0.1, 0.15) is 63.6 Å². The number of thiazole rings is 1. The monoisotopic (exact) mass is 857 g/mol. The van der Waals surface area contributed by atoms with Crippen LogP contribution in [0.2, 0.25) is 5.02 Å². The SMILES string of the molecule is CC(C)C[C@H](NC(=O)[C@H](C)N(CCOc1ccc(-c2c(C#N)c(SCc3csc(-c4ccc(Cl)cc4)n3)nc(N3CCCC3)c2C#N)cc1)C(=O)OC(C)(C)C)C(=O)O. The summed E-state index contributed by atoms with van der Waals surface area (Å²) in [6, 6.07) is 17.0. The molecule has 2 aromatic carbocycles. The van der Waals surface area contributed by atoms with Crippen molar-refractivity contribution in [1.82, 2.24) is 20.2 Å². The Balaban J connectivity index is 1.36. The van der Waals surface area contributed by atoms with Crippen molar-refractivity contribution >= 4 is 58.5 Å². The van der Waals surface area contributed by atoms with Crippen LogP contribution in [0.5, 0.6) is 5.75 Å². The number of nitrogens with zero attached hydrogens (tertiary/aromatic N) is 6. The highest BCUT2D eigenvalue weighted by Gasteiger charge is 2.33. The molecule has 1 aliphatic heterocycles. The van der Waals surface area contributed by atoms with Gasteiger partial charge in [-0.05, 0) is 82.7 Å². The molecule has 0 bridgehead atoms. The number of carboxylic acids is 1. The standard InChI is InChI=1S/C43H48ClN7O6S2/c1-26(2)21-35(41(53)54)48-38(52)27(3)51(42(55)57-43(4,5)6)19-20-56-32-15-11-28(12-16-32)36-33(22-45)37(50-17-7-8-18-50)49-40(34(36)23-46)59-25-31-24-58-39(47-31)29-9-13-30(44)14-10-29/h9-16,24,26-27,35H,7-8,17-21,25H2,1-6H3,(H,48,52)(H,53,54)/t27-,35-/m0/s1. The maximum atomic E-state index is 13.3. The minimum Gasteiger partial charge on any atom is -0.492 e. The number of nitriles is 2. The molecule has 5 rings (SSSR count). The Morgan fingerprint density at radius 3 is 2.24 bits per heavy atom. The molecule has 310 valence electrons. The zero-order valence-electron chi connectivity index (χ0n) is 34.0. The van der Waals surface area contributed by atoms with E-state index in [1.165, 1.54) is 34.9 Å². The number of halogens is 1. The van der Waals surface area contributed by atoms with E-state index in [1.807, 2.05) is 43.5 Å². The van der Waals surface area contributed by atoms with Crippen molar-refractivity contribution in [3.8, 4) is 39.6 Å². The summed E-state index contributed by atoms with van der Waals surface area (Å²) in [7, 11) is 0. The van der Waals surface area contributed by atoms with Crippen LogP contribution in [0.4, 0.5) is 10.6 Å². The number of ether oxygens (including phenoxy) is 2. The minimum absolute atomic E-state index is 0.0163.